The number of rotatable bonds is 7. The molecular formula is C13H26N2O2. The van der Waals surface area contributed by atoms with E-state index in [0.717, 1.165) is 25.7 Å². The van der Waals surface area contributed by atoms with Crippen LogP contribution < -0.4 is 11.1 Å². The predicted octanol–water partition coefficient (Wildman–Crippen LogP) is 1.58. The molecule has 0 spiro atoms. The fourth-order valence-corrected chi connectivity index (χ4v) is 2.39. The molecule has 1 unspecified atom stereocenters. The van der Waals surface area contributed by atoms with Crippen molar-refractivity contribution in [3.63, 3.8) is 0 Å². The van der Waals surface area contributed by atoms with E-state index in [4.69, 9.17) is 10.5 Å². The molecule has 0 radical (unpaired) electrons. The van der Waals surface area contributed by atoms with Gasteiger partial charge in [-0.3, -0.25) is 4.79 Å². The van der Waals surface area contributed by atoms with Gasteiger partial charge in [0.2, 0.25) is 5.91 Å². The number of hydrogen-bond donors (Lipinski definition) is 2. The summed E-state index contributed by atoms with van der Waals surface area (Å²) < 4.78 is 5.42. The minimum absolute atomic E-state index is 0.0347. The molecule has 0 saturated heterocycles. The lowest BCUT2D eigenvalue weighted by Gasteiger charge is -2.23. The number of hydrogen-bond acceptors (Lipinski definition) is 3. The number of carbonyl (C=O) groups is 1. The van der Waals surface area contributed by atoms with Crippen LogP contribution in [0.3, 0.4) is 0 Å². The second kappa shape index (κ2) is 6.97. The van der Waals surface area contributed by atoms with Crippen LogP contribution in [-0.4, -0.2) is 30.7 Å². The first-order chi connectivity index (χ1) is 8.06. The van der Waals surface area contributed by atoms with Crippen molar-refractivity contribution in [2.75, 3.05) is 13.2 Å². The molecular weight excluding hydrogens is 216 g/mol. The average Bonchev–Trinajstić information content (AvgIpc) is 2.65. The van der Waals surface area contributed by atoms with Crippen LogP contribution in [0.2, 0.25) is 0 Å². The maximum Gasteiger partial charge on any atom is 0.246 e. The highest BCUT2D eigenvalue weighted by molar-refractivity contribution is 5.77. The molecule has 1 amide bonds. The zero-order chi connectivity index (χ0) is 12.7. The maximum atomic E-state index is 11.5. The van der Waals surface area contributed by atoms with Crippen LogP contribution in [0, 0.1) is 0 Å². The Bertz CT molecular complexity index is 238. The van der Waals surface area contributed by atoms with Crippen LogP contribution in [0.25, 0.3) is 0 Å². The van der Waals surface area contributed by atoms with Gasteiger partial charge in [0.25, 0.3) is 0 Å². The Morgan fingerprint density at radius 1 is 1.47 bits per heavy atom. The number of amides is 1. The Hall–Kier alpha value is -0.610. The van der Waals surface area contributed by atoms with Gasteiger partial charge in [-0.05, 0) is 26.2 Å². The first kappa shape index (κ1) is 14.5. The first-order valence-corrected chi connectivity index (χ1v) is 6.72. The third-order valence-electron chi connectivity index (χ3n) is 3.35. The average molecular weight is 242 g/mol. The van der Waals surface area contributed by atoms with Crippen molar-refractivity contribution in [2.45, 2.75) is 64.0 Å². The van der Waals surface area contributed by atoms with Gasteiger partial charge in [0, 0.05) is 11.6 Å². The molecule has 0 aliphatic heterocycles. The lowest BCUT2D eigenvalue weighted by molar-refractivity contribution is -0.126. The predicted molar refractivity (Wildman–Crippen MR) is 68.7 cm³/mol. The van der Waals surface area contributed by atoms with Gasteiger partial charge in [-0.2, -0.15) is 0 Å². The molecule has 1 saturated carbocycles. The number of ether oxygens (including phenoxy) is 1. The summed E-state index contributed by atoms with van der Waals surface area (Å²) in [6, 6.07) is 0.231. The highest BCUT2D eigenvalue weighted by Crippen LogP contribution is 2.27. The van der Waals surface area contributed by atoms with Crippen molar-refractivity contribution in [1.29, 1.82) is 0 Å². The van der Waals surface area contributed by atoms with Gasteiger partial charge in [-0.15, -0.1) is 0 Å². The van der Waals surface area contributed by atoms with Gasteiger partial charge in [0.15, 0.2) is 0 Å². The van der Waals surface area contributed by atoms with Crippen LogP contribution in [0.4, 0.5) is 0 Å². The highest BCUT2D eigenvalue weighted by atomic mass is 16.5. The largest absolute Gasteiger partial charge is 0.370 e. The number of nitrogens with one attached hydrogen (secondary N) is 1. The molecule has 1 atom stereocenters. The third-order valence-corrected chi connectivity index (χ3v) is 3.35. The summed E-state index contributed by atoms with van der Waals surface area (Å²) in [5.74, 6) is -0.0347. The van der Waals surface area contributed by atoms with Crippen LogP contribution in [0.5, 0.6) is 0 Å². The second-order valence-corrected chi connectivity index (χ2v) is 5.32. The van der Waals surface area contributed by atoms with Gasteiger partial charge in [0.05, 0.1) is 6.61 Å². The van der Waals surface area contributed by atoms with Gasteiger partial charge in [-0.1, -0.05) is 26.2 Å². The van der Waals surface area contributed by atoms with E-state index in [1.165, 1.54) is 12.8 Å². The summed E-state index contributed by atoms with van der Waals surface area (Å²) in [5, 5.41) is 2.91. The molecule has 0 bridgehead atoms. The van der Waals surface area contributed by atoms with Gasteiger partial charge < -0.3 is 15.8 Å². The van der Waals surface area contributed by atoms with E-state index in [1.807, 2.05) is 6.92 Å². The van der Waals surface area contributed by atoms with Gasteiger partial charge in [-0.25, -0.2) is 0 Å². The molecule has 100 valence electrons. The summed E-state index contributed by atoms with van der Waals surface area (Å²) in [6.07, 6.45) is 6.47. The first-order valence-electron chi connectivity index (χ1n) is 6.72. The van der Waals surface area contributed by atoms with Crippen LogP contribution in [0.1, 0.15) is 52.4 Å². The number of carbonyl (C=O) groups excluding carboxylic acids is 1. The van der Waals surface area contributed by atoms with Crippen molar-refractivity contribution in [3.8, 4) is 0 Å². The van der Waals surface area contributed by atoms with E-state index in [1.54, 1.807) is 0 Å². The summed E-state index contributed by atoms with van der Waals surface area (Å²) in [4.78, 5) is 11.5. The van der Waals surface area contributed by atoms with Crippen molar-refractivity contribution >= 4 is 5.91 Å². The molecule has 1 rings (SSSR count). The molecule has 3 N–H and O–H groups in total. The normalized spacial score (nSPS) is 20.2. The minimum atomic E-state index is -0.185. The van der Waals surface area contributed by atoms with E-state index in [-0.39, 0.29) is 24.1 Å². The van der Waals surface area contributed by atoms with Gasteiger partial charge >= 0.3 is 0 Å². The van der Waals surface area contributed by atoms with Gasteiger partial charge in [0.1, 0.15) is 6.61 Å². The SMILES string of the molecule is CCCC(C)NC(=O)COCC1(N)CCCC1. The van der Waals surface area contributed by atoms with Crippen molar-refractivity contribution in [1.82, 2.24) is 5.32 Å². The van der Waals surface area contributed by atoms with Crippen LogP contribution in [-0.2, 0) is 9.53 Å². The molecule has 0 heterocycles. The molecule has 1 aliphatic carbocycles. The quantitative estimate of drug-likeness (QED) is 0.712. The van der Waals surface area contributed by atoms with Crippen LogP contribution in [0.15, 0.2) is 0 Å². The number of nitrogens with two attached hydrogens (primary N) is 1. The van der Waals surface area contributed by atoms with E-state index < -0.39 is 0 Å². The minimum Gasteiger partial charge on any atom is -0.370 e. The summed E-state index contributed by atoms with van der Waals surface area (Å²) in [7, 11) is 0. The molecule has 1 fully saturated rings. The lowest BCUT2D eigenvalue weighted by Crippen LogP contribution is -2.43. The fraction of sp³-hybridized carbons (Fsp3) is 0.923. The lowest BCUT2D eigenvalue weighted by atomic mass is 10.0. The molecule has 4 nitrogen and oxygen atoms in total. The monoisotopic (exact) mass is 242 g/mol. The summed E-state index contributed by atoms with van der Waals surface area (Å²) in [5.41, 5.74) is 5.95. The Labute approximate surface area is 104 Å². The van der Waals surface area contributed by atoms with Crippen molar-refractivity contribution < 1.29 is 9.53 Å². The summed E-state index contributed by atoms with van der Waals surface area (Å²) in [6.45, 7) is 4.76. The van der Waals surface area contributed by atoms with E-state index >= 15 is 0 Å². The highest BCUT2D eigenvalue weighted by Gasteiger charge is 2.29. The Kier molecular flexibility index (Phi) is 5.92. The molecule has 0 aromatic rings. The molecule has 17 heavy (non-hydrogen) atoms. The zero-order valence-electron chi connectivity index (χ0n) is 11.1. The third kappa shape index (κ3) is 5.50. The molecule has 0 aromatic carbocycles. The topological polar surface area (TPSA) is 64.3 Å². The maximum absolute atomic E-state index is 11.5. The molecule has 1 aliphatic rings. The second-order valence-electron chi connectivity index (χ2n) is 5.32. The Morgan fingerprint density at radius 2 is 2.12 bits per heavy atom. The Morgan fingerprint density at radius 3 is 2.71 bits per heavy atom. The molecule has 4 heteroatoms. The molecule has 0 aromatic heterocycles. The standard InChI is InChI=1S/C13H26N2O2/c1-3-6-11(2)15-12(16)9-17-10-13(14)7-4-5-8-13/h11H,3-10,14H2,1-2H3,(H,15,16). The summed E-state index contributed by atoms with van der Waals surface area (Å²) >= 11 is 0. The smallest absolute Gasteiger partial charge is 0.246 e. The van der Waals surface area contributed by atoms with E-state index in [9.17, 15) is 4.79 Å². The van der Waals surface area contributed by atoms with E-state index in [2.05, 4.69) is 12.2 Å². The van der Waals surface area contributed by atoms with E-state index in [0.29, 0.717) is 6.61 Å². The van der Waals surface area contributed by atoms with Crippen molar-refractivity contribution in [3.05, 3.63) is 0 Å². The van der Waals surface area contributed by atoms with Crippen LogP contribution >= 0.6 is 0 Å². The Balaban J connectivity index is 2.11. The van der Waals surface area contributed by atoms with Crippen molar-refractivity contribution in [2.24, 2.45) is 5.73 Å². The zero-order valence-corrected chi connectivity index (χ0v) is 11.1. The fourth-order valence-electron chi connectivity index (χ4n) is 2.39.